The molecule has 29 heavy (non-hydrogen) atoms. The molecular weight excluding hydrogens is 376 g/mol. The van der Waals surface area contributed by atoms with Crippen molar-refractivity contribution in [3.63, 3.8) is 0 Å². The van der Waals surface area contributed by atoms with Crippen LogP contribution >= 0.6 is 0 Å². The Bertz CT molecular complexity index is 793. The quantitative estimate of drug-likeness (QED) is 0.333. The van der Waals surface area contributed by atoms with Crippen molar-refractivity contribution in [2.24, 2.45) is 17.8 Å². The molecule has 3 rings (SSSR count). The Kier molecular flexibility index (Phi) is 5.41. The predicted molar refractivity (Wildman–Crippen MR) is 103 cm³/mol. The number of esters is 3. The molecule has 160 valence electrons. The Balaban J connectivity index is 2.10. The molecule has 3 aliphatic rings. The lowest BCUT2D eigenvalue weighted by Gasteiger charge is -2.35. The molecule has 7 atom stereocenters. The zero-order valence-corrected chi connectivity index (χ0v) is 17.9. The largest absolute Gasteiger partial charge is 0.458 e. The number of aliphatic hydroxyl groups is 1. The highest BCUT2D eigenvalue weighted by Gasteiger charge is 2.67. The number of hydrogen-bond donors (Lipinski definition) is 1. The first-order valence-electron chi connectivity index (χ1n) is 10.1. The van der Waals surface area contributed by atoms with Gasteiger partial charge in [0.1, 0.15) is 12.2 Å². The van der Waals surface area contributed by atoms with Crippen LogP contribution in [0.1, 0.15) is 54.4 Å². The molecule has 0 spiro atoms. The van der Waals surface area contributed by atoms with Crippen molar-refractivity contribution in [3.05, 3.63) is 23.3 Å². The van der Waals surface area contributed by atoms with E-state index in [1.807, 2.05) is 13.0 Å². The summed E-state index contributed by atoms with van der Waals surface area (Å²) in [5.41, 5.74) is -1.32. The van der Waals surface area contributed by atoms with Crippen LogP contribution in [-0.4, -0.2) is 46.4 Å². The van der Waals surface area contributed by atoms with E-state index in [2.05, 4.69) is 0 Å². The molecular formula is C22H30O7. The Labute approximate surface area is 171 Å². The molecule has 1 aliphatic heterocycles. The first-order chi connectivity index (χ1) is 13.4. The molecule has 0 aromatic rings. The Morgan fingerprint density at radius 3 is 2.55 bits per heavy atom. The Hall–Kier alpha value is -2.15. The normalized spacial score (nSPS) is 41.6. The van der Waals surface area contributed by atoms with Crippen LogP contribution in [-0.2, 0) is 28.6 Å². The number of carbonyl (C=O) groups is 3. The number of allylic oxidation sites excluding steroid dienone is 2. The summed E-state index contributed by atoms with van der Waals surface area (Å²) < 4.78 is 17.0. The minimum Gasteiger partial charge on any atom is -0.458 e. The van der Waals surface area contributed by atoms with E-state index in [0.717, 1.165) is 5.57 Å². The summed E-state index contributed by atoms with van der Waals surface area (Å²) in [6, 6.07) is 0. The van der Waals surface area contributed by atoms with Crippen molar-refractivity contribution in [2.45, 2.75) is 77.8 Å². The number of ether oxygens (including phenoxy) is 3. The van der Waals surface area contributed by atoms with E-state index in [1.165, 1.54) is 13.8 Å². The summed E-state index contributed by atoms with van der Waals surface area (Å²) in [4.78, 5) is 37.2. The van der Waals surface area contributed by atoms with Gasteiger partial charge in [-0.3, -0.25) is 4.79 Å². The third kappa shape index (κ3) is 3.50. The molecule has 7 heteroatoms. The van der Waals surface area contributed by atoms with Crippen LogP contribution in [0.25, 0.3) is 0 Å². The highest BCUT2D eigenvalue weighted by atomic mass is 16.6. The van der Waals surface area contributed by atoms with Crippen molar-refractivity contribution in [1.82, 2.24) is 0 Å². The van der Waals surface area contributed by atoms with Crippen molar-refractivity contribution < 1.29 is 33.7 Å². The van der Waals surface area contributed by atoms with Crippen LogP contribution in [0, 0.1) is 17.8 Å². The van der Waals surface area contributed by atoms with E-state index < -0.39 is 47.2 Å². The van der Waals surface area contributed by atoms with Gasteiger partial charge < -0.3 is 19.3 Å². The number of rotatable bonds is 3. The number of carbonyl (C=O) groups excluding carboxylic acids is 3. The topological polar surface area (TPSA) is 99.1 Å². The molecule has 0 amide bonds. The standard InChI is InChI=1S/C22H30O7/c1-7-11(2)19(24)27-15-10-21(5,26)14-9-8-12(3)16(14)18-17(15)22(6,20(25)28-18)29-13(4)23/h7-8,14-18,26H,9-10H2,1-6H3. The minimum atomic E-state index is -1.60. The van der Waals surface area contributed by atoms with Gasteiger partial charge in [0.05, 0.1) is 11.5 Å². The van der Waals surface area contributed by atoms with Crippen molar-refractivity contribution in [1.29, 1.82) is 0 Å². The molecule has 2 aliphatic carbocycles. The van der Waals surface area contributed by atoms with E-state index in [-0.39, 0.29) is 18.3 Å². The van der Waals surface area contributed by atoms with Gasteiger partial charge in [-0.2, -0.15) is 0 Å². The molecule has 1 heterocycles. The third-order valence-corrected chi connectivity index (χ3v) is 6.83. The first kappa shape index (κ1) is 21.6. The predicted octanol–water partition coefficient (Wildman–Crippen LogP) is 2.46. The fourth-order valence-electron chi connectivity index (χ4n) is 5.23. The fourth-order valence-corrected chi connectivity index (χ4v) is 5.23. The third-order valence-electron chi connectivity index (χ3n) is 6.83. The lowest BCUT2D eigenvalue weighted by molar-refractivity contribution is -0.179. The molecule has 0 bridgehead atoms. The summed E-state index contributed by atoms with van der Waals surface area (Å²) in [6.07, 6.45) is 2.93. The van der Waals surface area contributed by atoms with Gasteiger partial charge in [-0.05, 0) is 41.0 Å². The van der Waals surface area contributed by atoms with E-state index in [0.29, 0.717) is 12.0 Å². The van der Waals surface area contributed by atoms with E-state index >= 15 is 0 Å². The average molecular weight is 406 g/mol. The van der Waals surface area contributed by atoms with Gasteiger partial charge in [0.15, 0.2) is 0 Å². The maximum Gasteiger partial charge on any atom is 0.351 e. The van der Waals surface area contributed by atoms with E-state index in [4.69, 9.17) is 14.2 Å². The van der Waals surface area contributed by atoms with Crippen LogP contribution in [0.4, 0.5) is 0 Å². The van der Waals surface area contributed by atoms with Gasteiger partial charge in [0.25, 0.3) is 0 Å². The number of hydrogen-bond acceptors (Lipinski definition) is 7. The maximum absolute atomic E-state index is 12.9. The summed E-state index contributed by atoms with van der Waals surface area (Å²) in [5.74, 6) is -2.94. The molecule has 2 fully saturated rings. The van der Waals surface area contributed by atoms with Crippen LogP contribution in [0.2, 0.25) is 0 Å². The highest BCUT2D eigenvalue weighted by molar-refractivity contribution is 5.88. The summed E-state index contributed by atoms with van der Waals surface area (Å²) in [7, 11) is 0. The summed E-state index contributed by atoms with van der Waals surface area (Å²) in [5, 5.41) is 11.3. The maximum atomic E-state index is 12.9. The van der Waals surface area contributed by atoms with Crippen molar-refractivity contribution in [2.75, 3.05) is 0 Å². The zero-order valence-electron chi connectivity index (χ0n) is 17.9. The van der Waals surface area contributed by atoms with Crippen LogP contribution in [0.3, 0.4) is 0 Å². The van der Waals surface area contributed by atoms with Crippen LogP contribution in [0.5, 0.6) is 0 Å². The SMILES string of the molecule is CC=C(C)C(=O)OC1CC(C)(O)C2CC=C(C)C2C2OC(=O)C(C)(OC(C)=O)C12. The van der Waals surface area contributed by atoms with Gasteiger partial charge in [0, 0.05) is 30.8 Å². The second kappa shape index (κ2) is 7.27. The van der Waals surface area contributed by atoms with Gasteiger partial charge in [-0.15, -0.1) is 0 Å². The molecule has 0 aromatic heterocycles. The van der Waals surface area contributed by atoms with Crippen LogP contribution < -0.4 is 0 Å². The lowest BCUT2D eigenvalue weighted by atomic mass is 9.75. The van der Waals surface area contributed by atoms with Gasteiger partial charge in [-0.1, -0.05) is 17.7 Å². The molecule has 7 unspecified atom stereocenters. The Morgan fingerprint density at radius 2 is 1.97 bits per heavy atom. The minimum absolute atomic E-state index is 0.118. The fraction of sp³-hybridized carbons (Fsp3) is 0.682. The molecule has 7 nitrogen and oxygen atoms in total. The number of fused-ring (bicyclic) bond motifs is 3. The molecule has 1 N–H and O–H groups in total. The first-order valence-corrected chi connectivity index (χ1v) is 10.1. The average Bonchev–Trinajstić information content (AvgIpc) is 3.08. The second-order valence-corrected chi connectivity index (χ2v) is 8.89. The zero-order chi connectivity index (χ0) is 21.7. The highest BCUT2D eigenvalue weighted by Crippen LogP contribution is 2.54. The van der Waals surface area contributed by atoms with E-state index in [9.17, 15) is 19.5 Å². The van der Waals surface area contributed by atoms with Gasteiger partial charge in [0.2, 0.25) is 5.60 Å². The molecule has 0 radical (unpaired) electrons. The molecule has 0 aromatic carbocycles. The van der Waals surface area contributed by atoms with Crippen LogP contribution in [0.15, 0.2) is 23.3 Å². The monoisotopic (exact) mass is 406 g/mol. The van der Waals surface area contributed by atoms with Gasteiger partial charge in [-0.25, -0.2) is 9.59 Å². The summed E-state index contributed by atoms with van der Waals surface area (Å²) >= 11 is 0. The van der Waals surface area contributed by atoms with Gasteiger partial charge >= 0.3 is 17.9 Å². The smallest absolute Gasteiger partial charge is 0.351 e. The lowest BCUT2D eigenvalue weighted by Crippen LogP contribution is -2.50. The Morgan fingerprint density at radius 1 is 1.31 bits per heavy atom. The molecule has 1 saturated carbocycles. The summed E-state index contributed by atoms with van der Waals surface area (Å²) in [6.45, 7) is 9.78. The van der Waals surface area contributed by atoms with E-state index in [1.54, 1.807) is 26.8 Å². The second-order valence-electron chi connectivity index (χ2n) is 8.89. The van der Waals surface area contributed by atoms with Crippen molar-refractivity contribution in [3.8, 4) is 0 Å². The van der Waals surface area contributed by atoms with Crippen molar-refractivity contribution >= 4 is 17.9 Å². The molecule has 1 saturated heterocycles.